The number of carbonyl (C=O) groups excluding carboxylic acids is 1. The lowest BCUT2D eigenvalue weighted by Crippen LogP contribution is -2.45. The quantitative estimate of drug-likeness (QED) is 0.607. The van der Waals surface area contributed by atoms with E-state index in [1.807, 2.05) is 0 Å². The summed E-state index contributed by atoms with van der Waals surface area (Å²) < 4.78 is 0. The van der Waals surface area contributed by atoms with Gasteiger partial charge in [-0.15, -0.1) is 0 Å². The van der Waals surface area contributed by atoms with Crippen LogP contribution in [0.25, 0.3) is 0 Å². The van der Waals surface area contributed by atoms with Crippen molar-refractivity contribution in [1.29, 1.82) is 0 Å². The third-order valence-electron chi connectivity index (χ3n) is 5.50. The molecule has 1 aliphatic heterocycles. The van der Waals surface area contributed by atoms with E-state index in [2.05, 4.69) is 55.3 Å². The van der Waals surface area contributed by atoms with Crippen molar-refractivity contribution in [2.45, 2.75) is 51.5 Å². The molecule has 6 nitrogen and oxygen atoms in total. The maximum atomic E-state index is 12.4. The van der Waals surface area contributed by atoms with Crippen molar-refractivity contribution < 1.29 is 9.72 Å². The number of para-hydroxylation sites is 1. The van der Waals surface area contributed by atoms with Crippen LogP contribution in [-0.2, 0) is 16.6 Å². The summed E-state index contributed by atoms with van der Waals surface area (Å²) in [6.07, 6.45) is 1.76. The van der Waals surface area contributed by atoms with Gasteiger partial charge < -0.3 is 10.2 Å². The number of nitrogens with one attached hydrogen (secondary N) is 1. The van der Waals surface area contributed by atoms with E-state index in [1.165, 1.54) is 17.3 Å². The largest absolute Gasteiger partial charge is 0.371 e. The molecule has 0 bridgehead atoms. The molecule has 0 aliphatic carbocycles. The van der Waals surface area contributed by atoms with Crippen LogP contribution in [0.15, 0.2) is 48.5 Å². The van der Waals surface area contributed by atoms with E-state index in [0.717, 1.165) is 25.9 Å². The number of nitro benzene ring substituents is 1. The summed E-state index contributed by atoms with van der Waals surface area (Å²) in [5, 5.41) is 14.2. The number of hydrogen-bond acceptors (Lipinski definition) is 4. The second kappa shape index (κ2) is 8.64. The summed E-state index contributed by atoms with van der Waals surface area (Å²) in [6, 6.07) is 15.2. The van der Waals surface area contributed by atoms with E-state index in [0.29, 0.717) is 5.56 Å². The molecule has 0 saturated carbocycles. The highest BCUT2D eigenvalue weighted by Gasteiger charge is 2.23. The highest BCUT2D eigenvalue weighted by Crippen LogP contribution is 2.26. The zero-order valence-electron chi connectivity index (χ0n) is 17.4. The van der Waals surface area contributed by atoms with Crippen LogP contribution in [0.1, 0.15) is 44.7 Å². The average Bonchev–Trinajstić information content (AvgIpc) is 2.68. The van der Waals surface area contributed by atoms with Gasteiger partial charge >= 0.3 is 0 Å². The molecule has 0 radical (unpaired) electrons. The van der Waals surface area contributed by atoms with Crippen LogP contribution in [0.3, 0.4) is 0 Å². The van der Waals surface area contributed by atoms with E-state index < -0.39 is 4.92 Å². The summed E-state index contributed by atoms with van der Waals surface area (Å²) in [7, 11) is 0. The number of carbonyl (C=O) groups is 1. The van der Waals surface area contributed by atoms with E-state index in [9.17, 15) is 14.9 Å². The van der Waals surface area contributed by atoms with Gasteiger partial charge in [0.2, 0.25) is 5.91 Å². The first-order valence-corrected chi connectivity index (χ1v) is 10.1. The molecule has 1 N–H and O–H groups in total. The molecular formula is C23H29N3O3. The van der Waals surface area contributed by atoms with Crippen LogP contribution in [0.5, 0.6) is 0 Å². The van der Waals surface area contributed by atoms with Crippen LogP contribution in [-0.4, -0.2) is 30.0 Å². The Kier molecular flexibility index (Phi) is 6.20. The molecule has 0 unspecified atom stereocenters. The maximum absolute atomic E-state index is 12.4. The molecule has 1 heterocycles. The van der Waals surface area contributed by atoms with Gasteiger partial charge in [0.15, 0.2) is 0 Å². The molecule has 2 aromatic carbocycles. The Hall–Kier alpha value is -2.89. The normalized spacial score (nSPS) is 15.2. The monoisotopic (exact) mass is 395 g/mol. The molecule has 1 saturated heterocycles. The van der Waals surface area contributed by atoms with E-state index in [-0.39, 0.29) is 29.5 Å². The zero-order chi connectivity index (χ0) is 21.0. The van der Waals surface area contributed by atoms with Gasteiger partial charge in [-0.2, -0.15) is 0 Å². The number of rotatable bonds is 5. The first kappa shape index (κ1) is 20.8. The van der Waals surface area contributed by atoms with E-state index in [1.54, 1.807) is 18.2 Å². The smallest absolute Gasteiger partial charge is 0.273 e. The minimum atomic E-state index is -0.438. The lowest BCUT2D eigenvalue weighted by atomic mass is 9.87. The minimum absolute atomic E-state index is 0.00354. The summed E-state index contributed by atoms with van der Waals surface area (Å²) >= 11 is 0. The van der Waals surface area contributed by atoms with Crippen molar-refractivity contribution in [1.82, 2.24) is 5.32 Å². The predicted molar refractivity (Wildman–Crippen MR) is 115 cm³/mol. The van der Waals surface area contributed by atoms with Gasteiger partial charge in [0.05, 0.1) is 11.3 Å². The average molecular weight is 396 g/mol. The number of piperidine rings is 1. The second-order valence-corrected chi connectivity index (χ2v) is 8.69. The molecule has 1 amide bonds. The first-order chi connectivity index (χ1) is 13.7. The van der Waals surface area contributed by atoms with Crippen LogP contribution >= 0.6 is 0 Å². The number of hydrogen-bond donors (Lipinski definition) is 1. The first-order valence-electron chi connectivity index (χ1n) is 10.1. The van der Waals surface area contributed by atoms with Gasteiger partial charge in [-0.1, -0.05) is 51.1 Å². The van der Waals surface area contributed by atoms with Gasteiger partial charge in [0.25, 0.3) is 5.69 Å². The summed E-state index contributed by atoms with van der Waals surface area (Å²) in [4.78, 5) is 25.4. The fourth-order valence-electron chi connectivity index (χ4n) is 3.74. The van der Waals surface area contributed by atoms with Gasteiger partial charge in [-0.25, -0.2) is 0 Å². The van der Waals surface area contributed by atoms with Crippen LogP contribution in [0.4, 0.5) is 11.4 Å². The van der Waals surface area contributed by atoms with Gasteiger partial charge in [-0.05, 0) is 36.0 Å². The molecule has 6 heteroatoms. The molecule has 3 rings (SSSR count). The maximum Gasteiger partial charge on any atom is 0.273 e. The van der Waals surface area contributed by atoms with E-state index in [4.69, 9.17) is 0 Å². The number of nitrogens with zero attached hydrogens (tertiary/aromatic N) is 2. The molecule has 1 fully saturated rings. The van der Waals surface area contributed by atoms with Gasteiger partial charge in [-0.3, -0.25) is 14.9 Å². The third-order valence-corrected chi connectivity index (χ3v) is 5.50. The standard InChI is InChI=1S/C23H29N3O3/c1-23(2,3)18-8-10-20(11-9-18)25-14-12-19(13-15-25)24-22(27)16-17-6-4-5-7-21(17)26(28)29/h4-11,19H,12-16H2,1-3H3,(H,24,27). The predicted octanol–water partition coefficient (Wildman–Crippen LogP) is 4.22. The molecule has 0 atom stereocenters. The fraction of sp³-hybridized carbons (Fsp3) is 0.435. The van der Waals surface area contributed by atoms with Gasteiger partial charge in [0.1, 0.15) is 0 Å². The molecule has 154 valence electrons. The highest BCUT2D eigenvalue weighted by molar-refractivity contribution is 5.80. The highest BCUT2D eigenvalue weighted by atomic mass is 16.6. The van der Waals surface area contributed by atoms with Crippen molar-refractivity contribution in [3.63, 3.8) is 0 Å². The molecule has 0 aromatic heterocycles. The van der Waals surface area contributed by atoms with Gasteiger partial charge in [0, 0.05) is 36.4 Å². The Morgan fingerprint density at radius 1 is 1.10 bits per heavy atom. The van der Waals surface area contributed by atoms with Crippen molar-refractivity contribution in [2.24, 2.45) is 0 Å². The van der Waals surface area contributed by atoms with Crippen molar-refractivity contribution in [3.8, 4) is 0 Å². The molecular weight excluding hydrogens is 366 g/mol. The van der Waals surface area contributed by atoms with Crippen molar-refractivity contribution in [2.75, 3.05) is 18.0 Å². The SMILES string of the molecule is CC(C)(C)c1ccc(N2CCC(NC(=O)Cc3ccccc3[N+](=O)[O-])CC2)cc1. The van der Waals surface area contributed by atoms with Crippen molar-refractivity contribution >= 4 is 17.3 Å². The van der Waals surface area contributed by atoms with E-state index >= 15 is 0 Å². The number of amides is 1. The molecule has 1 aliphatic rings. The summed E-state index contributed by atoms with van der Waals surface area (Å²) in [6.45, 7) is 8.39. The Bertz CT molecular complexity index is 864. The second-order valence-electron chi connectivity index (χ2n) is 8.69. The molecule has 2 aromatic rings. The van der Waals surface area contributed by atoms with Crippen LogP contribution in [0, 0.1) is 10.1 Å². The number of benzene rings is 2. The minimum Gasteiger partial charge on any atom is -0.371 e. The Labute approximate surface area is 172 Å². The lowest BCUT2D eigenvalue weighted by Gasteiger charge is -2.34. The summed E-state index contributed by atoms with van der Waals surface area (Å²) in [5.41, 5.74) is 3.12. The molecule has 0 spiro atoms. The fourth-order valence-corrected chi connectivity index (χ4v) is 3.74. The Balaban J connectivity index is 1.52. The topological polar surface area (TPSA) is 75.5 Å². The Morgan fingerprint density at radius 3 is 2.31 bits per heavy atom. The third kappa shape index (κ3) is 5.34. The van der Waals surface area contributed by atoms with Crippen LogP contribution < -0.4 is 10.2 Å². The van der Waals surface area contributed by atoms with Crippen molar-refractivity contribution in [3.05, 3.63) is 69.8 Å². The van der Waals surface area contributed by atoms with Crippen LogP contribution in [0.2, 0.25) is 0 Å². The summed E-state index contributed by atoms with van der Waals surface area (Å²) in [5.74, 6) is -0.160. The zero-order valence-corrected chi connectivity index (χ0v) is 17.4. The Morgan fingerprint density at radius 2 is 1.72 bits per heavy atom. The lowest BCUT2D eigenvalue weighted by molar-refractivity contribution is -0.385. The molecule has 29 heavy (non-hydrogen) atoms. The number of nitro groups is 1. The number of anilines is 1.